The fourth-order valence-electron chi connectivity index (χ4n) is 2.70. The maximum atomic E-state index is 13.1. The second-order valence-electron chi connectivity index (χ2n) is 6.34. The minimum absolute atomic E-state index is 0.00744. The van der Waals surface area contributed by atoms with Gasteiger partial charge in [-0.3, -0.25) is 9.78 Å². The summed E-state index contributed by atoms with van der Waals surface area (Å²) in [6.07, 6.45) is 3.88. The highest BCUT2D eigenvalue weighted by Gasteiger charge is 2.17. The number of amides is 1. The maximum absolute atomic E-state index is 13.1. The van der Waals surface area contributed by atoms with E-state index in [2.05, 4.69) is 17.3 Å². The lowest BCUT2D eigenvalue weighted by Gasteiger charge is -2.22. The molecule has 0 aliphatic carbocycles. The molecule has 0 N–H and O–H groups in total. The molecule has 4 nitrogen and oxygen atoms in total. The first-order valence-corrected chi connectivity index (χ1v) is 10.1. The number of thiophene rings is 1. The molecule has 0 radical (unpaired) electrons. The molecule has 2 aromatic heterocycles. The Kier molecular flexibility index (Phi) is 6.99. The molecule has 1 amide bonds. The van der Waals surface area contributed by atoms with Gasteiger partial charge in [0.05, 0.1) is 18.8 Å². The van der Waals surface area contributed by atoms with Crippen LogP contribution in [0.3, 0.4) is 0 Å². The van der Waals surface area contributed by atoms with E-state index in [1.165, 1.54) is 0 Å². The molecule has 0 fully saturated rings. The van der Waals surface area contributed by atoms with Crippen molar-refractivity contribution in [3.05, 3.63) is 82.3 Å². The Hall–Kier alpha value is -2.66. The summed E-state index contributed by atoms with van der Waals surface area (Å²) in [5.74, 6) is 0.793. The van der Waals surface area contributed by atoms with Crippen molar-refractivity contribution >= 4 is 17.2 Å². The first kappa shape index (κ1) is 19.1. The Balaban J connectivity index is 1.73. The van der Waals surface area contributed by atoms with Crippen LogP contribution in [0.5, 0.6) is 5.75 Å². The summed E-state index contributed by atoms with van der Waals surface area (Å²) < 4.78 is 5.69. The van der Waals surface area contributed by atoms with E-state index in [1.54, 1.807) is 17.5 Å². The van der Waals surface area contributed by atoms with Gasteiger partial charge in [-0.2, -0.15) is 11.3 Å². The summed E-state index contributed by atoms with van der Waals surface area (Å²) in [7, 11) is 0. The zero-order chi connectivity index (χ0) is 18.9. The van der Waals surface area contributed by atoms with Crippen LogP contribution in [-0.4, -0.2) is 22.4 Å². The highest BCUT2D eigenvalue weighted by molar-refractivity contribution is 7.07. The lowest BCUT2D eigenvalue weighted by Crippen LogP contribution is -2.30. The topological polar surface area (TPSA) is 42.4 Å². The Morgan fingerprint density at radius 1 is 1.11 bits per heavy atom. The van der Waals surface area contributed by atoms with Gasteiger partial charge in [-0.25, -0.2) is 0 Å². The highest BCUT2D eigenvalue weighted by atomic mass is 32.1. The van der Waals surface area contributed by atoms with E-state index in [-0.39, 0.29) is 5.91 Å². The molecule has 0 saturated carbocycles. The first-order chi connectivity index (χ1) is 13.3. The monoisotopic (exact) mass is 380 g/mol. The zero-order valence-corrected chi connectivity index (χ0v) is 16.3. The second kappa shape index (κ2) is 9.88. The van der Waals surface area contributed by atoms with Crippen LogP contribution in [0.25, 0.3) is 0 Å². The normalized spacial score (nSPS) is 10.6. The number of rotatable bonds is 9. The number of pyridine rings is 1. The minimum Gasteiger partial charge on any atom is -0.494 e. The van der Waals surface area contributed by atoms with Gasteiger partial charge in [-0.15, -0.1) is 0 Å². The van der Waals surface area contributed by atoms with Crippen molar-refractivity contribution in [2.45, 2.75) is 32.9 Å². The number of ether oxygens (including phenoxy) is 1. The third kappa shape index (κ3) is 5.66. The van der Waals surface area contributed by atoms with Crippen LogP contribution < -0.4 is 4.74 Å². The molecule has 3 rings (SSSR count). The van der Waals surface area contributed by atoms with Gasteiger partial charge < -0.3 is 9.64 Å². The Labute approximate surface area is 164 Å². The minimum atomic E-state index is -0.00744. The van der Waals surface area contributed by atoms with Gasteiger partial charge in [0.15, 0.2) is 0 Å². The van der Waals surface area contributed by atoms with Gasteiger partial charge in [0, 0.05) is 18.3 Å². The Bertz CT molecular complexity index is 817. The molecule has 0 spiro atoms. The number of nitrogens with zero attached hydrogens (tertiary/aromatic N) is 2. The summed E-state index contributed by atoms with van der Waals surface area (Å²) >= 11 is 1.64. The molecule has 0 atom stereocenters. The average Bonchev–Trinajstić information content (AvgIpc) is 3.22. The lowest BCUT2D eigenvalue weighted by atomic mass is 10.1. The van der Waals surface area contributed by atoms with Crippen molar-refractivity contribution in [1.82, 2.24) is 9.88 Å². The summed E-state index contributed by atoms with van der Waals surface area (Å²) in [6, 6.07) is 15.2. The molecule has 140 valence electrons. The quantitative estimate of drug-likeness (QED) is 0.481. The molecule has 0 aliphatic rings. The first-order valence-electron chi connectivity index (χ1n) is 9.19. The average molecular weight is 381 g/mol. The van der Waals surface area contributed by atoms with Gasteiger partial charge in [-0.05, 0) is 65.2 Å². The predicted molar refractivity (Wildman–Crippen MR) is 109 cm³/mol. The van der Waals surface area contributed by atoms with Gasteiger partial charge in [0.25, 0.3) is 5.91 Å². The molecular weight excluding hydrogens is 356 g/mol. The van der Waals surface area contributed by atoms with Crippen LogP contribution >= 0.6 is 11.3 Å². The number of hydrogen-bond acceptors (Lipinski definition) is 4. The van der Waals surface area contributed by atoms with Crippen LogP contribution in [0.4, 0.5) is 0 Å². The van der Waals surface area contributed by atoms with Crippen molar-refractivity contribution < 1.29 is 9.53 Å². The van der Waals surface area contributed by atoms with Crippen LogP contribution in [0.1, 0.15) is 41.4 Å². The number of carbonyl (C=O) groups excluding carboxylic acids is 1. The van der Waals surface area contributed by atoms with Crippen molar-refractivity contribution in [3.63, 3.8) is 0 Å². The number of benzene rings is 1. The largest absolute Gasteiger partial charge is 0.494 e. The fourth-order valence-corrected chi connectivity index (χ4v) is 3.36. The van der Waals surface area contributed by atoms with Crippen molar-refractivity contribution in [1.29, 1.82) is 0 Å². The SMILES string of the molecule is CCCCOc1ccc(C(=O)N(Cc2ccsc2)Cc2ccccn2)cc1. The summed E-state index contributed by atoms with van der Waals surface area (Å²) in [5.41, 5.74) is 2.66. The molecular formula is C22H24N2O2S. The van der Waals surface area contributed by atoms with Crippen molar-refractivity contribution in [2.24, 2.45) is 0 Å². The summed E-state index contributed by atoms with van der Waals surface area (Å²) in [4.78, 5) is 19.3. The molecule has 2 heterocycles. The van der Waals surface area contributed by atoms with Gasteiger partial charge in [0.2, 0.25) is 0 Å². The van der Waals surface area contributed by atoms with Crippen molar-refractivity contribution in [3.8, 4) is 5.75 Å². The maximum Gasteiger partial charge on any atom is 0.254 e. The molecule has 27 heavy (non-hydrogen) atoms. The third-order valence-corrected chi connectivity index (χ3v) is 4.92. The summed E-state index contributed by atoms with van der Waals surface area (Å²) in [6.45, 7) is 3.88. The molecule has 5 heteroatoms. The van der Waals surface area contributed by atoms with Crippen molar-refractivity contribution in [2.75, 3.05) is 6.61 Å². The number of carbonyl (C=O) groups is 1. The van der Waals surface area contributed by atoms with E-state index < -0.39 is 0 Å². The van der Waals surface area contributed by atoms with Gasteiger partial charge >= 0.3 is 0 Å². The molecule has 0 bridgehead atoms. The lowest BCUT2D eigenvalue weighted by molar-refractivity contribution is 0.0728. The van der Waals surface area contributed by atoms with Gasteiger partial charge in [-0.1, -0.05) is 19.4 Å². The number of hydrogen-bond donors (Lipinski definition) is 0. The molecule has 1 aromatic carbocycles. The van der Waals surface area contributed by atoms with Crippen LogP contribution in [0.15, 0.2) is 65.5 Å². The zero-order valence-electron chi connectivity index (χ0n) is 15.5. The second-order valence-corrected chi connectivity index (χ2v) is 7.12. The van der Waals surface area contributed by atoms with Gasteiger partial charge in [0.1, 0.15) is 5.75 Å². The van der Waals surface area contributed by atoms with E-state index in [4.69, 9.17) is 4.74 Å². The third-order valence-electron chi connectivity index (χ3n) is 4.19. The molecule has 0 unspecified atom stereocenters. The van der Waals surface area contributed by atoms with E-state index in [9.17, 15) is 4.79 Å². The smallest absolute Gasteiger partial charge is 0.254 e. The van der Waals surface area contributed by atoms with Crippen LogP contribution in [0.2, 0.25) is 0 Å². The summed E-state index contributed by atoms with van der Waals surface area (Å²) in [5, 5.41) is 4.10. The predicted octanol–water partition coefficient (Wildman–Crippen LogP) is 5.16. The number of aromatic nitrogens is 1. The molecule has 0 aliphatic heterocycles. The van der Waals surface area contributed by atoms with Crippen LogP contribution in [0, 0.1) is 0 Å². The van der Waals surface area contributed by atoms with Crippen LogP contribution in [-0.2, 0) is 13.1 Å². The van der Waals surface area contributed by atoms with E-state index in [0.29, 0.717) is 25.3 Å². The Morgan fingerprint density at radius 3 is 2.63 bits per heavy atom. The molecule has 0 saturated heterocycles. The van der Waals surface area contributed by atoms with E-state index in [0.717, 1.165) is 29.8 Å². The van der Waals surface area contributed by atoms with E-state index >= 15 is 0 Å². The van der Waals surface area contributed by atoms with E-state index in [1.807, 2.05) is 58.8 Å². The molecule has 3 aromatic rings. The Morgan fingerprint density at radius 2 is 1.96 bits per heavy atom. The fraction of sp³-hybridized carbons (Fsp3) is 0.273. The standard InChI is InChI=1S/C22H24N2O2S/c1-2-3-13-26-21-9-7-19(8-10-21)22(25)24(15-18-11-14-27-17-18)16-20-6-4-5-12-23-20/h4-12,14,17H,2-3,13,15-16H2,1H3. The number of unbranched alkanes of at least 4 members (excludes halogenated alkanes) is 1. The highest BCUT2D eigenvalue weighted by Crippen LogP contribution is 2.18.